The Kier molecular flexibility index (Phi) is 9.07. The van der Waals surface area contributed by atoms with E-state index in [9.17, 15) is 9.59 Å². The standard InChI is InChI=1S/C27H38N4O3/c1-20(2)26(28)27(33)30-16-15-29(18-22-9-7-11-24(17-22)34-4)13-8-14-31(21(3)32)25-12-6-5-10-23(25)19-30/h5-7,9-12,17,20,26H,8,13-16,18-19,28H2,1-4H3/t26-/m1/s1. The number of methoxy groups -OCH3 is 1. The van der Waals surface area contributed by atoms with Crippen LogP contribution in [0.3, 0.4) is 0 Å². The molecular formula is C27H38N4O3. The second-order valence-corrected chi connectivity index (χ2v) is 9.31. The topological polar surface area (TPSA) is 79.1 Å². The highest BCUT2D eigenvalue weighted by Gasteiger charge is 2.26. The van der Waals surface area contributed by atoms with Gasteiger partial charge >= 0.3 is 0 Å². The van der Waals surface area contributed by atoms with Gasteiger partial charge in [-0.25, -0.2) is 0 Å². The van der Waals surface area contributed by atoms with Crippen molar-refractivity contribution in [3.63, 3.8) is 0 Å². The van der Waals surface area contributed by atoms with E-state index in [2.05, 4.69) is 11.0 Å². The van der Waals surface area contributed by atoms with Gasteiger partial charge in [0.15, 0.2) is 0 Å². The predicted octanol–water partition coefficient (Wildman–Crippen LogP) is 3.27. The third kappa shape index (κ3) is 6.58. The van der Waals surface area contributed by atoms with Crippen molar-refractivity contribution in [2.24, 2.45) is 11.7 Å². The van der Waals surface area contributed by atoms with E-state index >= 15 is 0 Å². The van der Waals surface area contributed by atoms with Gasteiger partial charge in [0.25, 0.3) is 0 Å². The Morgan fingerprint density at radius 3 is 2.50 bits per heavy atom. The number of rotatable bonds is 5. The van der Waals surface area contributed by atoms with Crippen LogP contribution in [0.4, 0.5) is 5.69 Å². The molecule has 2 N–H and O–H groups in total. The molecule has 1 aliphatic heterocycles. The Balaban J connectivity index is 1.91. The van der Waals surface area contributed by atoms with Crippen molar-refractivity contribution >= 4 is 17.5 Å². The highest BCUT2D eigenvalue weighted by Crippen LogP contribution is 2.24. The number of hydrogen-bond acceptors (Lipinski definition) is 5. The van der Waals surface area contributed by atoms with Gasteiger partial charge in [-0.3, -0.25) is 14.5 Å². The average molecular weight is 467 g/mol. The summed E-state index contributed by atoms with van der Waals surface area (Å²) in [6.07, 6.45) is 0.831. The van der Waals surface area contributed by atoms with Crippen molar-refractivity contribution in [1.29, 1.82) is 0 Å². The smallest absolute Gasteiger partial charge is 0.240 e. The zero-order chi connectivity index (χ0) is 24.7. The van der Waals surface area contributed by atoms with E-state index in [0.29, 0.717) is 19.6 Å². The summed E-state index contributed by atoms with van der Waals surface area (Å²) in [6.45, 7) is 9.41. The van der Waals surface area contributed by atoms with Gasteiger partial charge in [-0.15, -0.1) is 0 Å². The maximum atomic E-state index is 13.3. The number of nitrogens with zero attached hydrogens (tertiary/aromatic N) is 3. The van der Waals surface area contributed by atoms with Crippen LogP contribution in [0.25, 0.3) is 0 Å². The molecule has 34 heavy (non-hydrogen) atoms. The maximum absolute atomic E-state index is 13.3. The lowest BCUT2D eigenvalue weighted by molar-refractivity contribution is -0.134. The first-order valence-corrected chi connectivity index (χ1v) is 12.1. The Morgan fingerprint density at radius 1 is 1.03 bits per heavy atom. The summed E-state index contributed by atoms with van der Waals surface area (Å²) in [4.78, 5) is 31.9. The summed E-state index contributed by atoms with van der Waals surface area (Å²) in [7, 11) is 1.67. The van der Waals surface area contributed by atoms with E-state index in [0.717, 1.165) is 48.6 Å². The highest BCUT2D eigenvalue weighted by atomic mass is 16.5. The molecule has 1 aliphatic rings. The lowest BCUT2D eigenvalue weighted by Crippen LogP contribution is -2.48. The van der Waals surface area contributed by atoms with E-state index in [1.165, 1.54) is 0 Å². The zero-order valence-electron chi connectivity index (χ0n) is 20.9. The first-order chi connectivity index (χ1) is 16.3. The van der Waals surface area contributed by atoms with Crippen LogP contribution >= 0.6 is 0 Å². The van der Waals surface area contributed by atoms with E-state index < -0.39 is 6.04 Å². The van der Waals surface area contributed by atoms with E-state index in [4.69, 9.17) is 10.5 Å². The summed E-state index contributed by atoms with van der Waals surface area (Å²) in [5.74, 6) is 0.818. The molecule has 2 aromatic carbocycles. The van der Waals surface area contributed by atoms with E-state index in [-0.39, 0.29) is 17.7 Å². The molecular weight excluding hydrogens is 428 g/mol. The summed E-state index contributed by atoms with van der Waals surface area (Å²) < 4.78 is 5.39. The molecule has 0 saturated carbocycles. The molecule has 0 unspecified atom stereocenters. The molecule has 3 rings (SSSR count). The Morgan fingerprint density at radius 2 is 1.79 bits per heavy atom. The maximum Gasteiger partial charge on any atom is 0.240 e. The van der Waals surface area contributed by atoms with Crippen LogP contribution in [-0.2, 0) is 22.7 Å². The molecule has 2 aromatic rings. The first-order valence-electron chi connectivity index (χ1n) is 12.1. The van der Waals surface area contributed by atoms with E-state index in [1.54, 1.807) is 14.0 Å². The fourth-order valence-corrected chi connectivity index (χ4v) is 4.34. The molecule has 0 aromatic heterocycles. The quantitative estimate of drug-likeness (QED) is 0.732. The average Bonchev–Trinajstić information content (AvgIpc) is 2.86. The van der Waals surface area contributed by atoms with Crippen molar-refractivity contribution in [3.05, 3.63) is 59.7 Å². The molecule has 0 fully saturated rings. The number of amides is 2. The summed E-state index contributed by atoms with van der Waals surface area (Å²) in [6, 6.07) is 15.4. The SMILES string of the molecule is COc1cccc(CN2CCCN(C(C)=O)c3ccccc3CN(C(=O)[C@H](N)C(C)C)CC2)c1. The van der Waals surface area contributed by atoms with Crippen molar-refractivity contribution in [2.45, 2.75) is 46.3 Å². The summed E-state index contributed by atoms with van der Waals surface area (Å²) in [5, 5.41) is 0. The van der Waals surface area contributed by atoms with Crippen molar-refractivity contribution in [2.75, 3.05) is 38.2 Å². The number of carbonyl (C=O) groups excluding carboxylic acids is 2. The number of para-hydroxylation sites is 1. The predicted molar refractivity (Wildman–Crippen MR) is 136 cm³/mol. The molecule has 1 heterocycles. The lowest BCUT2D eigenvalue weighted by atomic mass is 10.0. The first kappa shape index (κ1) is 25.7. The minimum atomic E-state index is -0.562. The van der Waals surface area contributed by atoms with Gasteiger partial charge in [0, 0.05) is 51.9 Å². The second kappa shape index (κ2) is 12.0. The number of benzene rings is 2. The number of fused-ring (bicyclic) bond motifs is 1. The minimum absolute atomic E-state index is 0.00259. The fourth-order valence-electron chi connectivity index (χ4n) is 4.34. The van der Waals surface area contributed by atoms with Crippen LogP contribution in [0.1, 0.15) is 38.3 Å². The number of nitrogens with two attached hydrogens (primary N) is 1. The van der Waals surface area contributed by atoms with Crippen LogP contribution in [0.2, 0.25) is 0 Å². The van der Waals surface area contributed by atoms with Crippen molar-refractivity contribution < 1.29 is 14.3 Å². The molecule has 7 nitrogen and oxygen atoms in total. The monoisotopic (exact) mass is 466 g/mol. The molecule has 1 atom stereocenters. The molecule has 0 aliphatic carbocycles. The van der Waals surface area contributed by atoms with Gasteiger partial charge in [-0.05, 0) is 41.7 Å². The fraction of sp³-hybridized carbons (Fsp3) is 0.481. The van der Waals surface area contributed by atoms with Gasteiger partial charge in [0.2, 0.25) is 11.8 Å². The number of carbonyl (C=O) groups is 2. The summed E-state index contributed by atoms with van der Waals surface area (Å²) >= 11 is 0. The molecule has 0 spiro atoms. The zero-order valence-corrected chi connectivity index (χ0v) is 20.9. The third-order valence-electron chi connectivity index (χ3n) is 6.42. The Labute approximate surface area is 203 Å². The molecule has 7 heteroatoms. The van der Waals surface area contributed by atoms with Crippen LogP contribution in [0.15, 0.2) is 48.5 Å². The van der Waals surface area contributed by atoms with E-state index in [1.807, 2.05) is 66.1 Å². The van der Waals surface area contributed by atoms with Gasteiger partial charge in [0.05, 0.1) is 13.2 Å². The van der Waals surface area contributed by atoms with Gasteiger partial charge in [0.1, 0.15) is 5.75 Å². The molecule has 0 bridgehead atoms. The molecule has 0 radical (unpaired) electrons. The number of hydrogen-bond donors (Lipinski definition) is 1. The van der Waals surface area contributed by atoms with Crippen LogP contribution < -0.4 is 15.4 Å². The largest absolute Gasteiger partial charge is 0.497 e. The van der Waals surface area contributed by atoms with Crippen molar-refractivity contribution in [3.8, 4) is 5.75 Å². The highest BCUT2D eigenvalue weighted by molar-refractivity contribution is 5.92. The Hall–Kier alpha value is -2.90. The Bertz CT molecular complexity index is 978. The number of anilines is 1. The molecule has 0 saturated heterocycles. The third-order valence-corrected chi connectivity index (χ3v) is 6.42. The van der Waals surface area contributed by atoms with Crippen molar-refractivity contribution in [1.82, 2.24) is 9.80 Å². The van der Waals surface area contributed by atoms with Gasteiger partial charge in [-0.2, -0.15) is 0 Å². The molecule has 2 amide bonds. The summed E-state index contributed by atoms with van der Waals surface area (Å²) in [5.41, 5.74) is 9.26. The minimum Gasteiger partial charge on any atom is -0.497 e. The van der Waals surface area contributed by atoms with Gasteiger partial charge in [-0.1, -0.05) is 44.2 Å². The van der Waals surface area contributed by atoms with Crippen LogP contribution in [0, 0.1) is 5.92 Å². The van der Waals surface area contributed by atoms with Crippen LogP contribution in [0.5, 0.6) is 5.75 Å². The lowest BCUT2D eigenvalue weighted by Gasteiger charge is -2.30. The van der Waals surface area contributed by atoms with Gasteiger partial charge < -0.3 is 20.3 Å². The number of ether oxygens (including phenoxy) is 1. The normalized spacial score (nSPS) is 16.5. The van der Waals surface area contributed by atoms with Crippen LogP contribution in [-0.4, -0.2) is 60.9 Å². The second-order valence-electron chi connectivity index (χ2n) is 9.31. The molecule has 184 valence electrons.